The molecule has 1 amide bonds. The van der Waals surface area contributed by atoms with E-state index in [1.54, 1.807) is 70.5 Å². The highest BCUT2D eigenvalue weighted by Crippen LogP contribution is 2.43. The summed E-state index contributed by atoms with van der Waals surface area (Å²) in [5, 5.41) is 3.79. The van der Waals surface area contributed by atoms with E-state index < -0.39 is 29.6 Å². The SMILES string of the molecule is COCCOc1ncccc1C1C(C(=O)C(C)C)C(=O)C(=O)N1c1ccc(-c2nc(C)no2)cc1. The molecule has 0 bridgehead atoms. The zero-order valence-corrected chi connectivity index (χ0v) is 19.9. The van der Waals surface area contributed by atoms with Gasteiger partial charge in [0.1, 0.15) is 18.3 Å². The van der Waals surface area contributed by atoms with Gasteiger partial charge in [0.05, 0.1) is 12.6 Å². The van der Waals surface area contributed by atoms with Gasteiger partial charge < -0.3 is 14.0 Å². The molecule has 3 heterocycles. The van der Waals surface area contributed by atoms with Crippen LogP contribution < -0.4 is 9.64 Å². The lowest BCUT2D eigenvalue weighted by Gasteiger charge is -2.28. The molecule has 182 valence electrons. The minimum Gasteiger partial charge on any atom is -0.475 e. The average molecular weight is 479 g/mol. The van der Waals surface area contributed by atoms with Gasteiger partial charge in [0.15, 0.2) is 5.82 Å². The second-order valence-corrected chi connectivity index (χ2v) is 8.45. The van der Waals surface area contributed by atoms with Crippen molar-refractivity contribution in [3.8, 4) is 17.3 Å². The fraction of sp³-hybridized carbons (Fsp3) is 0.360. The zero-order chi connectivity index (χ0) is 25.1. The number of Topliss-reactive ketones (excluding diaryl/α,β-unsaturated/α-hetero) is 2. The monoisotopic (exact) mass is 478 g/mol. The summed E-state index contributed by atoms with van der Waals surface area (Å²) in [6.07, 6.45) is 1.55. The molecule has 2 unspecified atom stereocenters. The minimum atomic E-state index is -1.19. The van der Waals surface area contributed by atoms with Crippen molar-refractivity contribution in [2.75, 3.05) is 25.2 Å². The lowest BCUT2D eigenvalue weighted by Crippen LogP contribution is -2.32. The summed E-state index contributed by atoms with van der Waals surface area (Å²) in [5.41, 5.74) is 1.57. The van der Waals surface area contributed by atoms with Gasteiger partial charge in [-0.2, -0.15) is 4.98 Å². The Labute approximate surface area is 202 Å². The van der Waals surface area contributed by atoms with Crippen LogP contribution in [0.25, 0.3) is 11.5 Å². The van der Waals surface area contributed by atoms with E-state index in [4.69, 9.17) is 14.0 Å². The van der Waals surface area contributed by atoms with Gasteiger partial charge in [-0.25, -0.2) is 4.98 Å². The largest absolute Gasteiger partial charge is 0.475 e. The number of pyridine rings is 1. The van der Waals surface area contributed by atoms with Crippen LogP contribution in [0.4, 0.5) is 5.69 Å². The number of carbonyl (C=O) groups excluding carboxylic acids is 3. The molecule has 0 spiro atoms. The number of hydrogen-bond donors (Lipinski definition) is 0. The number of rotatable bonds is 9. The number of anilines is 1. The summed E-state index contributed by atoms with van der Waals surface area (Å²) in [6, 6.07) is 9.28. The Bertz CT molecular complexity index is 1240. The minimum absolute atomic E-state index is 0.218. The molecule has 10 nitrogen and oxygen atoms in total. The zero-order valence-electron chi connectivity index (χ0n) is 19.9. The fourth-order valence-electron chi connectivity index (χ4n) is 4.06. The summed E-state index contributed by atoms with van der Waals surface area (Å²) >= 11 is 0. The smallest absolute Gasteiger partial charge is 0.295 e. The lowest BCUT2D eigenvalue weighted by molar-refractivity contribution is -0.139. The maximum Gasteiger partial charge on any atom is 0.295 e. The van der Waals surface area contributed by atoms with Crippen LogP contribution in [0, 0.1) is 18.8 Å². The van der Waals surface area contributed by atoms with Crippen molar-refractivity contribution in [3.05, 3.63) is 54.0 Å². The molecule has 1 fully saturated rings. The van der Waals surface area contributed by atoms with Crippen LogP contribution in [0.15, 0.2) is 47.1 Å². The van der Waals surface area contributed by atoms with Crippen molar-refractivity contribution >= 4 is 23.2 Å². The molecule has 35 heavy (non-hydrogen) atoms. The summed E-state index contributed by atoms with van der Waals surface area (Å²) in [4.78, 5) is 49.4. The number of aromatic nitrogens is 3. The Morgan fingerprint density at radius 2 is 1.89 bits per heavy atom. The molecule has 2 aromatic heterocycles. The van der Waals surface area contributed by atoms with Crippen LogP contribution >= 0.6 is 0 Å². The average Bonchev–Trinajstić information content (AvgIpc) is 3.40. The Morgan fingerprint density at radius 1 is 1.14 bits per heavy atom. The van der Waals surface area contributed by atoms with Crippen LogP contribution in [0.2, 0.25) is 0 Å². The van der Waals surface area contributed by atoms with E-state index in [0.717, 1.165) is 0 Å². The Kier molecular flexibility index (Phi) is 7.02. The molecule has 0 radical (unpaired) electrons. The van der Waals surface area contributed by atoms with E-state index in [0.29, 0.717) is 35.1 Å². The number of ketones is 2. The number of carbonyl (C=O) groups is 3. The molecule has 3 aromatic rings. The van der Waals surface area contributed by atoms with Crippen molar-refractivity contribution in [1.29, 1.82) is 0 Å². The van der Waals surface area contributed by atoms with Crippen molar-refractivity contribution in [2.45, 2.75) is 26.8 Å². The van der Waals surface area contributed by atoms with Gasteiger partial charge in [-0.3, -0.25) is 19.3 Å². The third kappa shape index (κ3) is 4.69. The van der Waals surface area contributed by atoms with Crippen LogP contribution in [0.1, 0.15) is 31.3 Å². The maximum atomic E-state index is 13.3. The first-order chi connectivity index (χ1) is 16.8. The lowest BCUT2D eigenvalue weighted by atomic mass is 9.85. The van der Waals surface area contributed by atoms with Crippen LogP contribution in [0.5, 0.6) is 5.88 Å². The number of methoxy groups -OCH3 is 1. The van der Waals surface area contributed by atoms with E-state index >= 15 is 0 Å². The Hall–Kier alpha value is -3.92. The van der Waals surface area contributed by atoms with Crippen molar-refractivity contribution < 1.29 is 28.4 Å². The van der Waals surface area contributed by atoms with E-state index in [-0.39, 0.29) is 18.3 Å². The summed E-state index contributed by atoms with van der Waals surface area (Å²) in [6.45, 7) is 5.68. The first-order valence-corrected chi connectivity index (χ1v) is 11.2. The van der Waals surface area contributed by atoms with Crippen molar-refractivity contribution in [2.24, 2.45) is 11.8 Å². The fourth-order valence-corrected chi connectivity index (χ4v) is 4.06. The standard InChI is InChI=1S/C25H26N4O6/c1-14(2)21(30)19-20(18-6-5-11-26-24(18)34-13-12-33-4)29(25(32)22(19)31)17-9-7-16(8-10-17)23-27-15(3)28-35-23/h5-11,14,19-20H,12-13H2,1-4H3. The van der Waals surface area contributed by atoms with Crippen LogP contribution in [0.3, 0.4) is 0 Å². The van der Waals surface area contributed by atoms with Crippen molar-refractivity contribution in [1.82, 2.24) is 15.1 Å². The quantitative estimate of drug-likeness (QED) is 0.259. The summed E-state index contributed by atoms with van der Waals surface area (Å²) in [5.74, 6) is -2.40. The first-order valence-electron chi connectivity index (χ1n) is 11.2. The second-order valence-electron chi connectivity index (χ2n) is 8.45. The molecule has 2 atom stereocenters. The maximum absolute atomic E-state index is 13.3. The van der Waals surface area contributed by atoms with Gasteiger partial charge in [0.2, 0.25) is 11.7 Å². The molecule has 1 aliphatic heterocycles. The van der Waals surface area contributed by atoms with E-state index in [1.165, 1.54) is 4.90 Å². The molecular weight excluding hydrogens is 452 g/mol. The molecule has 0 saturated carbocycles. The molecule has 4 rings (SSSR count). The van der Waals surface area contributed by atoms with Gasteiger partial charge in [0.25, 0.3) is 11.8 Å². The number of hydrogen-bond acceptors (Lipinski definition) is 9. The predicted molar refractivity (Wildman–Crippen MR) is 125 cm³/mol. The highest BCUT2D eigenvalue weighted by atomic mass is 16.5. The summed E-state index contributed by atoms with van der Waals surface area (Å²) < 4.78 is 16.0. The van der Waals surface area contributed by atoms with Crippen molar-refractivity contribution in [3.63, 3.8) is 0 Å². The van der Waals surface area contributed by atoms with E-state index in [1.807, 2.05) is 0 Å². The second kappa shape index (κ2) is 10.1. The van der Waals surface area contributed by atoms with Gasteiger partial charge in [-0.1, -0.05) is 19.0 Å². The Balaban J connectivity index is 1.79. The highest BCUT2D eigenvalue weighted by molar-refractivity contribution is 6.48. The van der Waals surface area contributed by atoms with E-state index in [2.05, 4.69) is 15.1 Å². The Morgan fingerprint density at radius 3 is 2.51 bits per heavy atom. The van der Waals surface area contributed by atoms with Gasteiger partial charge in [-0.15, -0.1) is 0 Å². The van der Waals surface area contributed by atoms with Gasteiger partial charge >= 0.3 is 0 Å². The third-order valence-electron chi connectivity index (χ3n) is 5.75. The molecular formula is C25H26N4O6. The molecule has 1 aromatic carbocycles. The molecule has 10 heteroatoms. The van der Waals surface area contributed by atoms with Gasteiger partial charge in [-0.05, 0) is 43.3 Å². The van der Waals surface area contributed by atoms with E-state index in [9.17, 15) is 14.4 Å². The van der Waals surface area contributed by atoms with Gasteiger partial charge in [0, 0.05) is 36.0 Å². The molecule has 0 aliphatic carbocycles. The van der Waals surface area contributed by atoms with Crippen LogP contribution in [-0.4, -0.2) is 52.9 Å². The number of amides is 1. The summed E-state index contributed by atoms with van der Waals surface area (Å²) in [7, 11) is 1.55. The number of nitrogens with zero attached hydrogens (tertiary/aromatic N) is 4. The number of aryl methyl sites for hydroxylation is 1. The molecule has 1 saturated heterocycles. The predicted octanol–water partition coefficient (Wildman–Crippen LogP) is 2.96. The molecule has 0 N–H and O–H groups in total. The first kappa shape index (κ1) is 24.2. The highest BCUT2D eigenvalue weighted by Gasteiger charge is 2.53. The third-order valence-corrected chi connectivity index (χ3v) is 5.75. The number of benzene rings is 1. The number of ether oxygens (including phenoxy) is 2. The van der Waals surface area contributed by atoms with Crippen LogP contribution in [-0.2, 0) is 19.1 Å². The molecule has 1 aliphatic rings. The normalized spacial score (nSPS) is 17.9. The topological polar surface area (TPSA) is 125 Å².